The average Bonchev–Trinajstić information content (AvgIpc) is 2.15. The van der Waals surface area contributed by atoms with Gasteiger partial charge in [-0.1, -0.05) is 17.7 Å². The van der Waals surface area contributed by atoms with E-state index in [4.69, 9.17) is 26.7 Å². The number of nitrogens with zero attached hydrogens (tertiary/aromatic N) is 1. The van der Waals surface area contributed by atoms with Crippen LogP contribution in [0.2, 0.25) is 5.02 Å². The third kappa shape index (κ3) is 3.96. The first-order chi connectivity index (χ1) is 7.49. The number of hydroxylamine groups is 2. The van der Waals surface area contributed by atoms with Gasteiger partial charge in [0.15, 0.2) is 5.75 Å². The lowest BCUT2D eigenvalue weighted by molar-refractivity contribution is -0.0578. The molecular formula is C10H12ClNO4. The van der Waals surface area contributed by atoms with Gasteiger partial charge in [-0.2, -0.15) is 0 Å². The lowest BCUT2D eigenvalue weighted by Crippen LogP contribution is -2.38. The molecule has 1 unspecified atom stereocenters. The van der Waals surface area contributed by atoms with E-state index in [0.29, 0.717) is 15.8 Å². The Hall–Kier alpha value is -1.46. The molecule has 5 nitrogen and oxygen atoms in total. The van der Waals surface area contributed by atoms with E-state index in [2.05, 4.69) is 0 Å². The standard InChI is InChI=1S/C10H12ClNO4/c1-7(13)6-12(10(14)15)16-9-4-2-3-8(11)5-9/h2-5,7,13H,6H2,1H3,(H,14,15). The van der Waals surface area contributed by atoms with Crippen LogP contribution in [0.25, 0.3) is 0 Å². The van der Waals surface area contributed by atoms with Crippen molar-refractivity contribution in [2.24, 2.45) is 0 Å². The summed E-state index contributed by atoms with van der Waals surface area (Å²) in [7, 11) is 0. The molecule has 0 saturated carbocycles. The van der Waals surface area contributed by atoms with E-state index in [1.807, 2.05) is 0 Å². The van der Waals surface area contributed by atoms with Crippen molar-refractivity contribution in [1.82, 2.24) is 5.06 Å². The zero-order valence-electron chi connectivity index (χ0n) is 8.63. The summed E-state index contributed by atoms with van der Waals surface area (Å²) in [5.41, 5.74) is 0. The van der Waals surface area contributed by atoms with Crippen LogP contribution in [0, 0.1) is 0 Å². The Morgan fingerprint density at radius 2 is 2.31 bits per heavy atom. The lowest BCUT2D eigenvalue weighted by Gasteiger charge is -2.20. The van der Waals surface area contributed by atoms with E-state index in [1.165, 1.54) is 13.0 Å². The van der Waals surface area contributed by atoms with Crippen molar-refractivity contribution in [3.8, 4) is 5.75 Å². The van der Waals surface area contributed by atoms with Crippen molar-refractivity contribution in [3.63, 3.8) is 0 Å². The SMILES string of the molecule is CC(O)CN(Oc1cccc(Cl)c1)C(=O)O. The molecule has 2 N–H and O–H groups in total. The van der Waals surface area contributed by atoms with Crippen LogP contribution in [0.3, 0.4) is 0 Å². The van der Waals surface area contributed by atoms with E-state index < -0.39 is 12.2 Å². The maximum atomic E-state index is 10.8. The predicted molar refractivity (Wildman–Crippen MR) is 58.5 cm³/mol. The predicted octanol–water partition coefficient (Wildman–Crippen LogP) is 1.99. The van der Waals surface area contributed by atoms with E-state index in [9.17, 15) is 4.79 Å². The number of carbonyl (C=O) groups is 1. The highest BCUT2D eigenvalue weighted by Gasteiger charge is 2.16. The molecule has 6 heteroatoms. The number of rotatable bonds is 4. The van der Waals surface area contributed by atoms with Crippen molar-refractivity contribution in [2.45, 2.75) is 13.0 Å². The second kappa shape index (κ2) is 5.58. The van der Waals surface area contributed by atoms with E-state index in [1.54, 1.807) is 18.2 Å². The molecule has 1 atom stereocenters. The highest BCUT2D eigenvalue weighted by atomic mass is 35.5. The number of carboxylic acid groups (broad SMARTS) is 1. The summed E-state index contributed by atoms with van der Waals surface area (Å²) in [5.74, 6) is 0.301. The van der Waals surface area contributed by atoms with Gasteiger partial charge in [-0.05, 0) is 19.1 Å². The third-order valence-electron chi connectivity index (χ3n) is 1.66. The van der Waals surface area contributed by atoms with Crippen molar-refractivity contribution >= 4 is 17.7 Å². The molecule has 1 rings (SSSR count). The number of amides is 1. The van der Waals surface area contributed by atoms with Gasteiger partial charge in [0.25, 0.3) is 0 Å². The van der Waals surface area contributed by atoms with Crippen LogP contribution in [0.4, 0.5) is 4.79 Å². The fraction of sp³-hybridized carbons (Fsp3) is 0.300. The van der Waals surface area contributed by atoms with E-state index in [-0.39, 0.29) is 6.54 Å². The first-order valence-electron chi connectivity index (χ1n) is 4.61. The molecule has 16 heavy (non-hydrogen) atoms. The van der Waals surface area contributed by atoms with Crippen LogP contribution in [-0.4, -0.2) is 34.0 Å². The monoisotopic (exact) mass is 245 g/mol. The van der Waals surface area contributed by atoms with Crippen LogP contribution < -0.4 is 4.84 Å². The van der Waals surface area contributed by atoms with Crippen LogP contribution in [-0.2, 0) is 0 Å². The van der Waals surface area contributed by atoms with Gasteiger partial charge in [0.2, 0.25) is 0 Å². The number of benzene rings is 1. The minimum absolute atomic E-state index is 0.137. The van der Waals surface area contributed by atoms with Gasteiger partial charge < -0.3 is 15.1 Å². The van der Waals surface area contributed by atoms with E-state index in [0.717, 1.165) is 0 Å². The minimum Gasteiger partial charge on any atom is -0.463 e. The molecule has 0 radical (unpaired) electrons. The van der Waals surface area contributed by atoms with Gasteiger partial charge in [-0.3, -0.25) is 0 Å². The number of aliphatic hydroxyl groups excluding tert-OH is 1. The fourth-order valence-corrected chi connectivity index (χ4v) is 1.23. The van der Waals surface area contributed by atoms with Crippen molar-refractivity contribution < 1.29 is 19.8 Å². The fourth-order valence-electron chi connectivity index (χ4n) is 1.05. The highest BCUT2D eigenvalue weighted by molar-refractivity contribution is 6.30. The molecule has 0 bridgehead atoms. The first kappa shape index (κ1) is 12.6. The summed E-state index contributed by atoms with van der Waals surface area (Å²) >= 11 is 5.72. The molecule has 0 aliphatic heterocycles. The Bertz CT molecular complexity index is 370. The Morgan fingerprint density at radius 1 is 1.62 bits per heavy atom. The molecule has 1 amide bonds. The quantitative estimate of drug-likeness (QED) is 0.796. The summed E-state index contributed by atoms with van der Waals surface area (Å²) in [6.07, 6.45) is -2.09. The topological polar surface area (TPSA) is 70.0 Å². The van der Waals surface area contributed by atoms with Crippen molar-refractivity contribution in [1.29, 1.82) is 0 Å². The summed E-state index contributed by atoms with van der Waals surface area (Å²) < 4.78 is 0. The summed E-state index contributed by atoms with van der Waals surface area (Å²) in [4.78, 5) is 15.8. The minimum atomic E-state index is -1.28. The molecule has 0 spiro atoms. The number of hydrogen-bond donors (Lipinski definition) is 2. The Labute approximate surface area is 97.8 Å². The van der Waals surface area contributed by atoms with Crippen LogP contribution in [0.5, 0.6) is 5.75 Å². The first-order valence-corrected chi connectivity index (χ1v) is 4.99. The summed E-state index contributed by atoms with van der Waals surface area (Å²) in [6, 6.07) is 6.34. The molecule has 0 fully saturated rings. The third-order valence-corrected chi connectivity index (χ3v) is 1.89. The molecule has 0 aliphatic rings. The normalized spacial score (nSPS) is 11.9. The van der Waals surface area contributed by atoms with E-state index >= 15 is 0 Å². The molecule has 1 aromatic rings. The summed E-state index contributed by atoms with van der Waals surface area (Å²) in [5, 5.41) is 19.0. The van der Waals surface area contributed by atoms with Crippen LogP contribution >= 0.6 is 11.6 Å². The zero-order valence-corrected chi connectivity index (χ0v) is 9.39. The smallest absolute Gasteiger partial charge is 0.440 e. The maximum absolute atomic E-state index is 10.8. The molecule has 0 saturated heterocycles. The zero-order chi connectivity index (χ0) is 12.1. The number of hydrogen-bond acceptors (Lipinski definition) is 3. The van der Waals surface area contributed by atoms with Gasteiger partial charge in [-0.25, -0.2) is 4.79 Å². The van der Waals surface area contributed by atoms with Gasteiger partial charge >= 0.3 is 6.09 Å². The maximum Gasteiger partial charge on any atom is 0.440 e. The van der Waals surface area contributed by atoms with Gasteiger partial charge in [0.1, 0.15) is 0 Å². The van der Waals surface area contributed by atoms with Gasteiger partial charge in [0.05, 0.1) is 12.6 Å². The second-order valence-electron chi connectivity index (χ2n) is 3.24. The largest absolute Gasteiger partial charge is 0.463 e. The van der Waals surface area contributed by atoms with Crippen LogP contribution in [0.1, 0.15) is 6.92 Å². The van der Waals surface area contributed by atoms with Crippen molar-refractivity contribution in [3.05, 3.63) is 29.3 Å². The molecular weight excluding hydrogens is 234 g/mol. The van der Waals surface area contributed by atoms with Crippen LogP contribution in [0.15, 0.2) is 24.3 Å². The Morgan fingerprint density at radius 3 is 2.81 bits per heavy atom. The number of aliphatic hydroxyl groups is 1. The molecule has 1 aromatic carbocycles. The second-order valence-corrected chi connectivity index (χ2v) is 3.68. The van der Waals surface area contributed by atoms with Crippen molar-refractivity contribution in [2.75, 3.05) is 6.54 Å². The average molecular weight is 246 g/mol. The highest BCUT2D eigenvalue weighted by Crippen LogP contribution is 2.18. The number of halogens is 1. The van der Waals surface area contributed by atoms with Gasteiger partial charge in [0, 0.05) is 11.1 Å². The lowest BCUT2D eigenvalue weighted by atomic mass is 10.3. The molecule has 0 aromatic heterocycles. The Kier molecular flexibility index (Phi) is 4.39. The Balaban J connectivity index is 2.71. The molecule has 0 aliphatic carbocycles. The van der Waals surface area contributed by atoms with Gasteiger partial charge in [-0.15, -0.1) is 5.06 Å². The molecule has 88 valence electrons. The summed E-state index contributed by atoms with van der Waals surface area (Å²) in [6.45, 7) is 1.33. The molecule has 0 heterocycles.